The monoisotopic (exact) mass is 599 g/mol. The number of hydrogen-bond acceptors (Lipinski definition) is 9. The standard InChI is InChI=1S/C30H37N5O6.ClH/c1-20(2)41-32-29(36)26-21(3)31-22(4)27(28(26)23-9-8-12-25(19-23)35(38)39)30(37)40-18-17-33-13-15-34(16-14-33)24-10-6-5-7-11-24;/h5-12,19-20,28,31H,13-18H2,1-4H3,(H,32,36);1H. The molecule has 2 aliphatic heterocycles. The van der Waals surface area contributed by atoms with E-state index >= 15 is 0 Å². The first-order valence-electron chi connectivity index (χ1n) is 13.7. The summed E-state index contributed by atoms with van der Waals surface area (Å²) in [6.07, 6.45) is -0.274. The summed E-state index contributed by atoms with van der Waals surface area (Å²) in [7, 11) is 0. The van der Waals surface area contributed by atoms with Crippen molar-refractivity contribution in [2.75, 3.05) is 44.2 Å². The van der Waals surface area contributed by atoms with Crippen molar-refractivity contribution in [3.8, 4) is 0 Å². The number of anilines is 1. The molecule has 0 saturated carbocycles. The molecule has 12 heteroatoms. The van der Waals surface area contributed by atoms with Crippen molar-refractivity contribution in [1.82, 2.24) is 15.7 Å². The van der Waals surface area contributed by atoms with Crippen LogP contribution in [0.15, 0.2) is 77.1 Å². The van der Waals surface area contributed by atoms with Gasteiger partial charge < -0.3 is 15.0 Å². The summed E-state index contributed by atoms with van der Waals surface area (Å²) in [5, 5.41) is 14.7. The zero-order valence-corrected chi connectivity index (χ0v) is 25.1. The third-order valence-corrected chi connectivity index (χ3v) is 7.16. The van der Waals surface area contributed by atoms with Crippen molar-refractivity contribution in [2.24, 2.45) is 0 Å². The molecule has 1 atom stereocenters. The van der Waals surface area contributed by atoms with Crippen LogP contribution in [0.5, 0.6) is 0 Å². The maximum atomic E-state index is 13.6. The molecule has 2 aromatic carbocycles. The van der Waals surface area contributed by atoms with Gasteiger partial charge >= 0.3 is 5.97 Å². The summed E-state index contributed by atoms with van der Waals surface area (Å²) in [5.41, 5.74) is 5.39. The number of nitro benzene ring substituents is 1. The highest BCUT2D eigenvalue weighted by Gasteiger charge is 2.38. The Hall–Kier alpha value is -3.93. The molecule has 2 N–H and O–H groups in total. The van der Waals surface area contributed by atoms with Gasteiger partial charge in [0.05, 0.1) is 28.1 Å². The Kier molecular flexibility index (Phi) is 11.5. The van der Waals surface area contributed by atoms with Crippen LogP contribution in [-0.2, 0) is 19.2 Å². The topological polar surface area (TPSA) is 126 Å². The van der Waals surface area contributed by atoms with Gasteiger partial charge in [0.2, 0.25) is 0 Å². The molecule has 1 fully saturated rings. The van der Waals surface area contributed by atoms with E-state index in [1.54, 1.807) is 39.8 Å². The number of nitrogens with zero attached hydrogens (tertiary/aromatic N) is 3. The minimum Gasteiger partial charge on any atom is -0.461 e. The number of benzene rings is 2. The largest absolute Gasteiger partial charge is 0.461 e. The van der Waals surface area contributed by atoms with Gasteiger partial charge in [-0.15, -0.1) is 12.4 Å². The Morgan fingerprint density at radius 2 is 1.69 bits per heavy atom. The first-order valence-corrected chi connectivity index (χ1v) is 13.7. The smallest absolute Gasteiger partial charge is 0.336 e. The van der Waals surface area contributed by atoms with Crippen LogP contribution in [0.2, 0.25) is 0 Å². The second-order valence-corrected chi connectivity index (χ2v) is 10.4. The predicted octanol–water partition coefficient (Wildman–Crippen LogP) is 4.07. The highest BCUT2D eigenvalue weighted by Crippen LogP contribution is 2.39. The molecule has 0 aliphatic carbocycles. The van der Waals surface area contributed by atoms with Crippen LogP contribution in [-0.4, -0.2) is 67.1 Å². The lowest BCUT2D eigenvalue weighted by atomic mass is 9.80. The summed E-state index contributed by atoms with van der Waals surface area (Å²) in [5.74, 6) is -2.03. The second kappa shape index (κ2) is 14.8. The maximum absolute atomic E-state index is 13.6. The van der Waals surface area contributed by atoms with Crippen LogP contribution in [0, 0.1) is 10.1 Å². The van der Waals surface area contributed by atoms with Crippen LogP contribution in [0.3, 0.4) is 0 Å². The number of halogens is 1. The van der Waals surface area contributed by atoms with Gasteiger partial charge in [0.15, 0.2) is 0 Å². The minimum absolute atomic E-state index is 0. The van der Waals surface area contributed by atoms with Gasteiger partial charge in [-0.05, 0) is 45.4 Å². The summed E-state index contributed by atoms with van der Waals surface area (Å²) in [6, 6.07) is 16.2. The van der Waals surface area contributed by atoms with Crippen LogP contribution in [0.1, 0.15) is 39.2 Å². The molecule has 2 aliphatic rings. The lowest BCUT2D eigenvalue weighted by Gasteiger charge is -2.36. The molecule has 4 rings (SSSR count). The Morgan fingerprint density at radius 1 is 1.02 bits per heavy atom. The highest BCUT2D eigenvalue weighted by atomic mass is 35.5. The van der Waals surface area contributed by atoms with Crippen molar-refractivity contribution in [2.45, 2.75) is 39.7 Å². The Morgan fingerprint density at radius 3 is 2.33 bits per heavy atom. The average Bonchev–Trinajstić information content (AvgIpc) is 2.96. The van der Waals surface area contributed by atoms with Gasteiger partial charge in [0.1, 0.15) is 6.61 Å². The van der Waals surface area contributed by atoms with E-state index < -0.39 is 22.7 Å². The number of rotatable bonds is 10. The summed E-state index contributed by atoms with van der Waals surface area (Å²) < 4.78 is 5.75. The number of non-ortho nitro benzene ring substituents is 1. The number of esters is 1. The highest BCUT2D eigenvalue weighted by molar-refractivity contribution is 6.01. The number of para-hydroxylation sites is 1. The van der Waals surface area contributed by atoms with E-state index in [0.29, 0.717) is 23.5 Å². The second-order valence-electron chi connectivity index (χ2n) is 10.4. The van der Waals surface area contributed by atoms with E-state index in [0.717, 1.165) is 26.2 Å². The number of dihydropyridines is 1. The molecule has 1 amide bonds. The van der Waals surface area contributed by atoms with Crippen LogP contribution in [0.25, 0.3) is 0 Å². The van der Waals surface area contributed by atoms with Crippen molar-refractivity contribution >= 4 is 35.7 Å². The zero-order valence-electron chi connectivity index (χ0n) is 24.3. The molecule has 2 aromatic rings. The molecule has 0 aromatic heterocycles. The van der Waals surface area contributed by atoms with Crippen LogP contribution >= 0.6 is 12.4 Å². The molecule has 0 bridgehead atoms. The zero-order chi connectivity index (χ0) is 29.5. The molecule has 1 saturated heterocycles. The SMILES string of the molecule is CC1=C(C(=O)NOC(C)C)C(c2cccc([N+](=O)[O-])c2)C(C(=O)OCCN2CCN(c3ccccc3)CC2)=C(C)N1.Cl. The van der Waals surface area contributed by atoms with E-state index in [4.69, 9.17) is 9.57 Å². The third kappa shape index (κ3) is 7.87. The van der Waals surface area contributed by atoms with Crippen LogP contribution in [0.4, 0.5) is 11.4 Å². The molecule has 1 unspecified atom stereocenters. The van der Waals surface area contributed by atoms with Crippen LogP contribution < -0.4 is 15.7 Å². The molecule has 0 spiro atoms. The molecule has 2 heterocycles. The molecular weight excluding hydrogens is 562 g/mol. The number of allylic oxidation sites excluding steroid dienone is 2. The predicted molar refractivity (Wildman–Crippen MR) is 162 cm³/mol. The normalized spacial score (nSPS) is 17.5. The van der Waals surface area contributed by atoms with E-state index in [1.807, 2.05) is 18.2 Å². The molecular formula is C30H38ClN5O6. The fraction of sp³-hybridized carbons (Fsp3) is 0.400. The van der Waals surface area contributed by atoms with Crippen molar-refractivity contribution in [3.05, 3.63) is 92.8 Å². The third-order valence-electron chi connectivity index (χ3n) is 7.16. The van der Waals surface area contributed by atoms with E-state index in [-0.39, 0.29) is 42.0 Å². The lowest BCUT2D eigenvalue weighted by Crippen LogP contribution is -2.47. The number of hydrogen-bond donors (Lipinski definition) is 2. The fourth-order valence-electron chi connectivity index (χ4n) is 5.16. The Labute approximate surface area is 252 Å². The number of nitro groups is 1. The van der Waals surface area contributed by atoms with Crippen molar-refractivity contribution in [1.29, 1.82) is 0 Å². The number of hydroxylamine groups is 1. The Balaban J connectivity index is 0.00000484. The molecule has 42 heavy (non-hydrogen) atoms. The summed E-state index contributed by atoms with van der Waals surface area (Å²) >= 11 is 0. The minimum atomic E-state index is -0.895. The number of nitrogens with one attached hydrogen (secondary N) is 2. The van der Waals surface area contributed by atoms with Gasteiger partial charge in [0.25, 0.3) is 11.6 Å². The van der Waals surface area contributed by atoms with E-state index in [1.165, 1.54) is 17.8 Å². The lowest BCUT2D eigenvalue weighted by molar-refractivity contribution is -0.384. The molecule has 0 radical (unpaired) electrons. The molecule has 226 valence electrons. The van der Waals surface area contributed by atoms with Gasteiger partial charge in [0, 0.05) is 61.9 Å². The van der Waals surface area contributed by atoms with Gasteiger partial charge in [-0.25, -0.2) is 10.3 Å². The number of amides is 1. The van der Waals surface area contributed by atoms with Crippen molar-refractivity contribution < 1.29 is 24.1 Å². The van der Waals surface area contributed by atoms with E-state index in [2.05, 4.69) is 32.7 Å². The fourth-order valence-corrected chi connectivity index (χ4v) is 5.16. The van der Waals surface area contributed by atoms with Gasteiger partial charge in [-0.2, -0.15) is 0 Å². The average molecular weight is 600 g/mol. The maximum Gasteiger partial charge on any atom is 0.336 e. The number of carbonyl (C=O) groups is 2. The first kappa shape index (κ1) is 32.6. The van der Waals surface area contributed by atoms with E-state index in [9.17, 15) is 19.7 Å². The number of ether oxygens (including phenoxy) is 1. The van der Waals surface area contributed by atoms with Gasteiger partial charge in [-0.3, -0.25) is 24.6 Å². The van der Waals surface area contributed by atoms with Gasteiger partial charge in [-0.1, -0.05) is 30.3 Å². The quantitative estimate of drug-likeness (QED) is 0.236. The summed E-state index contributed by atoms with van der Waals surface area (Å²) in [6.45, 7) is 11.2. The van der Waals surface area contributed by atoms with Crippen molar-refractivity contribution in [3.63, 3.8) is 0 Å². The number of carbonyl (C=O) groups excluding carboxylic acids is 2. The number of piperazine rings is 1. The Bertz CT molecular complexity index is 1340. The first-order chi connectivity index (χ1) is 19.7. The summed E-state index contributed by atoms with van der Waals surface area (Å²) in [4.78, 5) is 47.8. The molecule has 11 nitrogen and oxygen atoms in total.